The normalized spacial score (nSPS) is 12.1. The van der Waals surface area contributed by atoms with Crippen molar-refractivity contribution in [1.29, 1.82) is 0 Å². The van der Waals surface area contributed by atoms with Gasteiger partial charge >= 0.3 is 0 Å². The highest BCUT2D eigenvalue weighted by molar-refractivity contribution is 6.23. The van der Waals surface area contributed by atoms with Crippen molar-refractivity contribution in [3.05, 3.63) is 218 Å². The van der Waals surface area contributed by atoms with E-state index < -0.39 is 0 Å². The van der Waals surface area contributed by atoms with E-state index in [4.69, 9.17) is 8.83 Å². The average molecular weight is 817 g/mol. The molecule has 0 aliphatic rings. The van der Waals surface area contributed by atoms with Gasteiger partial charge in [-0.15, -0.1) is 0 Å². The Bertz CT molecular complexity index is 4120. The summed E-state index contributed by atoms with van der Waals surface area (Å²) >= 11 is 0. The van der Waals surface area contributed by atoms with Crippen LogP contribution in [0, 0.1) is 0 Å². The molecule has 0 saturated carbocycles. The number of furan rings is 2. The lowest BCUT2D eigenvalue weighted by Gasteiger charge is -2.26. The third kappa shape index (κ3) is 5.17. The first-order valence-corrected chi connectivity index (χ1v) is 21.8. The summed E-state index contributed by atoms with van der Waals surface area (Å²) < 4.78 is 15.7. The third-order valence-corrected chi connectivity index (χ3v) is 13.3. The molecule has 298 valence electrons. The van der Waals surface area contributed by atoms with E-state index in [9.17, 15) is 0 Å². The molecule has 0 saturated heterocycles. The number of fused-ring (bicyclic) bond motifs is 12. The topological polar surface area (TPSA) is 33.9 Å². The molecule has 0 bridgehead atoms. The first-order chi connectivity index (χ1) is 31.7. The Balaban J connectivity index is 0.870. The van der Waals surface area contributed by atoms with Crippen molar-refractivity contribution in [2.45, 2.75) is 0 Å². The lowest BCUT2D eigenvalue weighted by Crippen LogP contribution is -2.09. The molecule has 4 nitrogen and oxygen atoms in total. The molecule has 14 rings (SSSR count). The van der Waals surface area contributed by atoms with Crippen LogP contribution in [-0.4, -0.2) is 4.40 Å². The van der Waals surface area contributed by atoms with Crippen LogP contribution in [-0.2, 0) is 0 Å². The van der Waals surface area contributed by atoms with Crippen LogP contribution in [0.15, 0.2) is 227 Å². The molecule has 0 spiro atoms. The second kappa shape index (κ2) is 13.4. The molecule has 0 unspecified atom stereocenters. The summed E-state index contributed by atoms with van der Waals surface area (Å²) in [6, 6.07) is 78.3. The molecule has 4 heterocycles. The molecule has 0 radical (unpaired) electrons. The Morgan fingerprint density at radius 2 is 0.828 bits per heavy atom. The summed E-state index contributed by atoms with van der Waals surface area (Å²) in [6.45, 7) is 0. The van der Waals surface area contributed by atoms with E-state index in [-0.39, 0.29) is 0 Å². The zero-order chi connectivity index (χ0) is 41.9. The number of para-hydroxylation sites is 4. The van der Waals surface area contributed by atoms with Gasteiger partial charge < -0.3 is 18.1 Å². The molecule has 0 aliphatic carbocycles. The predicted molar refractivity (Wildman–Crippen MR) is 267 cm³/mol. The molecule has 0 atom stereocenters. The van der Waals surface area contributed by atoms with Crippen LogP contribution in [0.1, 0.15) is 0 Å². The van der Waals surface area contributed by atoms with Gasteiger partial charge in [-0.25, -0.2) is 0 Å². The molecule has 0 fully saturated rings. The van der Waals surface area contributed by atoms with Crippen molar-refractivity contribution in [2.24, 2.45) is 0 Å². The maximum atomic E-state index is 6.79. The smallest absolute Gasteiger partial charge is 0.143 e. The number of hydrogen-bond donors (Lipinski definition) is 0. The standard InChI is InChI=1S/C60H36N2O2/c1-2-10-37(11-3-1)38-20-26-42(27-21-38)61(43-28-22-39(23-29-43)45-14-8-17-53-48-13-5-7-19-56(48)64-60(45)53)44-30-33-50-49-32-25-41(35-57(49)63-58(50)36-44)40-24-31-47-52-16-9-15-51-46-12-4-6-18-54(46)62(59(51)52)55(47)34-40/h1-36H. The van der Waals surface area contributed by atoms with Gasteiger partial charge in [0, 0.05) is 71.8 Å². The van der Waals surface area contributed by atoms with Crippen molar-refractivity contribution in [3.8, 4) is 33.4 Å². The number of aromatic nitrogens is 1. The van der Waals surface area contributed by atoms with Crippen molar-refractivity contribution in [3.63, 3.8) is 0 Å². The van der Waals surface area contributed by atoms with Crippen molar-refractivity contribution >= 4 is 99.0 Å². The van der Waals surface area contributed by atoms with Gasteiger partial charge in [-0.05, 0) is 94.5 Å². The van der Waals surface area contributed by atoms with Crippen LogP contribution in [0.5, 0.6) is 0 Å². The Kier molecular flexibility index (Phi) is 7.36. The minimum atomic E-state index is 0.842. The van der Waals surface area contributed by atoms with E-state index in [1.165, 1.54) is 49.2 Å². The monoisotopic (exact) mass is 816 g/mol. The van der Waals surface area contributed by atoms with Crippen LogP contribution in [0.2, 0.25) is 0 Å². The average Bonchev–Trinajstić information content (AvgIpc) is 4.11. The number of nitrogens with zero attached hydrogens (tertiary/aromatic N) is 2. The van der Waals surface area contributed by atoms with Crippen LogP contribution >= 0.6 is 0 Å². The highest BCUT2D eigenvalue weighted by Gasteiger charge is 2.20. The van der Waals surface area contributed by atoms with Crippen LogP contribution in [0.3, 0.4) is 0 Å². The van der Waals surface area contributed by atoms with Crippen molar-refractivity contribution in [2.75, 3.05) is 4.90 Å². The highest BCUT2D eigenvalue weighted by atomic mass is 16.3. The van der Waals surface area contributed by atoms with E-state index in [1.54, 1.807) is 0 Å². The number of rotatable bonds is 6. The summed E-state index contributed by atoms with van der Waals surface area (Å²) in [4.78, 5) is 2.31. The second-order valence-corrected chi connectivity index (χ2v) is 16.9. The maximum Gasteiger partial charge on any atom is 0.143 e. The van der Waals surface area contributed by atoms with Gasteiger partial charge in [0.15, 0.2) is 0 Å². The fourth-order valence-corrected chi connectivity index (χ4v) is 10.3. The van der Waals surface area contributed by atoms with E-state index in [0.29, 0.717) is 0 Å². The number of hydrogen-bond acceptors (Lipinski definition) is 3. The summed E-state index contributed by atoms with van der Waals surface area (Å²) in [7, 11) is 0. The molecule has 0 amide bonds. The van der Waals surface area contributed by atoms with E-state index >= 15 is 0 Å². The molecule has 0 aliphatic heterocycles. The molecular formula is C60H36N2O2. The van der Waals surface area contributed by atoms with Crippen LogP contribution < -0.4 is 4.90 Å². The van der Waals surface area contributed by atoms with Gasteiger partial charge in [0.2, 0.25) is 0 Å². The molecule has 0 N–H and O–H groups in total. The van der Waals surface area contributed by atoms with Gasteiger partial charge in [0.1, 0.15) is 22.3 Å². The van der Waals surface area contributed by atoms with Gasteiger partial charge in [-0.3, -0.25) is 0 Å². The fraction of sp³-hybridized carbons (Fsp3) is 0. The SMILES string of the molecule is c1ccc(-c2ccc(N(c3ccc(-c4cccc5c4oc4ccccc45)cc3)c3ccc4c(c3)oc3cc(-c5ccc6c7cccc8c9ccccc9n(c6c5)c87)ccc34)cc2)cc1. The quantitative estimate of drug-likeness (QED) is 0.168. The summed E-state index contributed by atoms with van der Waals surface area (Å²) in [5, 5.41) is 9.58. The summed E-state index contributed by atoms with van der Waals surface area (Å²) in [6.07, 6.45) is 0. The predicted octanol–water partition coefficient (Wildman–Crippen LogP) is 17.1. The van der Waals surface area contributed by atoms with Crippen molar-refractivity contribution in [1.82, 2.24) is 4.40 Å². The Labute approximate surface area is 367 Å². The lowest BCUT2D eigenvalue weighted by atomic mass is 10.0. The van der Waals surface area contributed by atoms with Crippen molar-refractivity contribution < 1.29 is 8.83 Å². The molecule has 14 aromatic rings. The first kappa shape index (κ1) is 35.0. The maximum absolute atomic E-state index is 6.79. The minimum Gasteiger partial charge on any atom is -0.456 e. The lowest BCUT2D eigenvalue weighted by molar-refractivity contribution is 0.669. The van der Waals surface area contributed by atoms with Crippen LogP contribution in [0.25, 0.3) is 115 Å². The molecule has 10 aromatic carbocycles. The zero-order valence-corrected chi connectivity index (χ0v) is 34.5. The third-order valence-electron chi connectivity index (χ3n) is 13.3. The first-order valence-electron chi connectivity index (χ1n) is 21.8. The van der Waals surface area contributed by atoms with Gasteiger partial charge in [-0.1, -0.05) is 146 Å². The van der Waals surface area contributed by atoms with Gasteiger partial charge in [0.05, 0.1) is 16.6 Å². The van der Waals surface area contributed by atoms with E-state index in [0.717, 1.165) is 83.2 Å². The van der Waals surface area contributed by atoms with Gasteiger partial charge in [-0.2, -0.15) is 0 Å². The van der Waals surface area contributed by atoms with Gasteiger partial charge in [0.25, 0.3) is 0 Å². The fourth-order valence-electron chi connectivity index (χ4n) is 10.3. The molecule has 64 heavy (non-hydrogen) atoms. The molecule has 4 heteroatoms. The van der Waals surface area contributed by atoms with E-state index in [2.05, 4.69) is 216 Å². The summed E-state index contributed by atoms with van der Waals surface area (Å²) in [5.41, 5.74) is 17.2. The number of benzene rings is 10. The number of anilines is 3. The Morgan fingerprint density at radius 1 is 0.297 bits per heavy atom. The van der Waals surface area contributed by atoms with Crippen LogP contribution in [0.4, 0.5) is 17.1 Å². The van der Waals surface area contributed by atoms with E-state index in [1.807, 2.05) is 12.1 Å². The molecule has 4 aromatic heterocycles. The second-order valence-electron chi connectivity index (χ2n) is 16.9. The molecular weight excluding hydrogens is 781 g/mol. The Hall–Kier alpha value is -8.60. The summed E-state index contributed by atoms with van der Waals surface area (Å²) in [5.74, 6) is 0. The largest absolute Gasteiger partial charge is 0.456 e. The minimum absolute atomic E-state index is 0.842. The Morgan fingerprint density at radius 3 is 1.62 bits per heavy atom. The highest BCUT2D eigenvalue weighted by Crippen LogP contribution is 2.44. The zero-order valence-electron chi connectivity index (χ0n) is 34.5.